The largest absolute Gasteiger partial charge is 0.347 e. The van der Waals surface area contributed by atoms with Gasteiger partial charge in [0.2, 0.25) is 0 Å². The van der Waals surface area contributed by atoms with Gasteiger partial charge >= 0.3 is 0 Å². The molecule has 146 valence electrons. The van der Waals surface area contributed by atoms with Crippen LogP contribution in [0.2, 0.25) is 0 Å². The average molecular weight is 414 g/mol. The molecule has 1 saturated heterocycles. The molecule has 3 aromatic heterocycles. The highest BCUT2D eigenvalue weighted by molar-refractivity contribution is 7.13. The van der Waals surface area contributed by atoms with E-state index in [1.165, 1.54) is 12.1 Å². The van der Waals surface area contributed by atoms with Gasteiger partial charge in [-0.3, -0.25) is 9.69 Å². The molecule has 0 N–H and O–H groups in total. The zero-order valence-electron chi connectivity index (χ0n) is 15.8. The van der Waals surface area contributed by atoms with Crippen molar-refractivity contribution in [2.45, 2.75) is 32.0 Å². The maximum atomic E-state index is 13.2. The molecule has 28 heavy (non-hydrogen) atoms. The molecule has 1 fully saturated rings. The Labute approximate surface area is 172 Å². The van der Waals surface area contributed by atoms with E-state index in [4.69, 9.17) is 0 Å². The number of aromatic nitrogens is 3. The lowest BCUT2D eigenvalue weighted by atomic mass is 9.83. The van der Waals surface area contributed by atoms with E-state index >= 15 is 0 Å². The number of hydrogen-bond donors (Lipinski definition) is 0. The lowest BCUT2D eigenvalue weighted by Crippen LogP contribution is -2.47. The summed E-state index contributed by atoms with van der Waals surface area (Å²) in [7, 11) is 2.05. The molecule has 6 nitrogen and oxygen atoms in total. The first kappa shape index (κ1) is 18.0. The molecule has 5 heterocycles. The molecule has 0 spiro atoms. The van der Waals surface area contributed by atoms with Crippen LogP contribution in [0.5, 0.6) is 0 Å². The molecule has 0 aliphatic carbocycles. The van der Waals surface area contributed by atoms with Crippen LogP contribution in [-0.4, -0.2) is 39.6 Å². The summed E-state index contributed by atoms with van der Waals surface area (Å²) in [6, 6.07) is 4.22. The summed E-state index contributed by atoms with van der Waals surface area (Å²) < 4.78 is 2.05. The number of anilines is 1. The Morgan fingerprint density at radius 1 is 1.11 bits per heavy atom. The summed E-state index contributed by atoms with van der Waals surface area (Å²) in [6.07, 6.45) is 4.87. The third kappa shape index (κ3) is 3.40. The minimum atomic E-state index is 0.181. The molecule has 2 atom stereocenters. The standard InChI is InChI=1S/C20H23N5OS2/c1-23(13-18-21-4-6-27-18)11-15-2-3-17-16-8-14(10-25(17)19(15)26)9-24(12-16)20-22-5-7-28-20/h2-7,14,16H,8-13H2,1H3/t14-,16+/m0/s1. The highest BCUT2D eigenvalue weighted by Gasteiger charge is 2.35. The predicted molar refractivity (Wildman–Crippen MR) is 113 cm³/mol. The molecule has 3 aromatic rings. The van der Waals surface area contributed by atoms with Crippen LogP contribution in [0.4, 0.5) is 5.13 Å². The van der Waals surface area contributed by atoms with E-state index in [1.807, 2.05) is 40.8 Å². The fourth-order valence-corrected chi connectivity index (χ4v) is 5.91. The minimum absolute atomic E-state index is 0.181. The zero-order valence-corrected chi connectivity index (χ0v) is 17.5. The van der Waals surface area contributed by atoms with E-state index in [9.17, 15) is 4.79 Å². The second-order valence-electron chi connectivity index (χ2n) is 7.82. The highest BCUT2D eigenvalue weighted by Crippen LogP contribution is 2.37. The van der Waals surface area contributed by atoms with Crippen LogP contribution in [0, 0.1) is 5.92 Å². The van der Waals surface area contributed by atoms with Gasteiger partial charge in [-0.05, 0) is 25.5 Å². The SMILES string of the molecule is CN(Cc1nccs1)Cc1ccc2n(c1=O)C[C@H]1C[C@@H]2CN(c2nccs2)C1. The van der Waals surface area contributed by atoms with Crippen LogP contribution in [-0.2, 0) is 19.6 Å². The van der Waals surface area contributed by atoms with Crippen LogP contribution in [0.3, 0.4) is 0 Å². The van der Waals surface area contributed by atoms with E-state index in [-0.39, 0.29) is 5.56 Å². The summed E-state index contributed by atoms with van der Waals surface area (Å²) in [5, 5.41) is 6.21. The number of hydrogen-bond acceptors (Lipinski definition) is 7. The van der Waals surface area contributed by atoms with E-state index in [1.54, 1.807) is 22.7 Å². The summed E-state index contributed by atoms with van der Waals surface area (Å²) in [6.45, 7) is 4.18. The summed E-state index contributed by atoms with van der Waals surface area (Å²) >= 11 is 3.35. The lowest BCUT2D eigenvalue weighted by Gasteiger charge is -2.42. The molecule has 2 aliphatic rings. The Morgan fingerprint density at radius 2 is 1.96 bits per heavy atom. The number of thiazole rings is 2. The normalized spacial score (nSPS) is 21.1. The van der Waals surface area contributed by atoms with Crippen LogP contribution in [0.15, 0.2) is 40.1 Å². The quantitative estimate of drug-likeness (QED) is 0.644. The van der Waals surface area contributed by atoms with Gasteiger partial charge in [-0.1, -0.05) is 6.07 Å². The molecule has 8 heteroatoms. The molecule has 5 rings (SSSR count). The fourth-order valence-electron chi connectivity index (χ4n) is 4.55. The van der Waals surface area contributed by atoms with Crippen molar-refractivity contribution in [3.63, 3.8) is 0 Å². The molecule has 0 unspecified atom stereocenters. The van der Waals surface area contributed by atoms with Crippen molar-refractivity contribution >= 4 is 27.8 Å². The average Bonchev–Trinajstić information content (AvgIpc) is 3.38. The van der Waals surface area contributed by atoms with E-state index < -0.39 is 0 Å². The molecule has 0 saturated carbocycles. The maximum Gasteiger partial charge on any atom is 0.255 e. The summed E-state index contributed by atoms with van der Waals surface area (Å²) in [5.74, 6) is 0.919. The van der Waals surface area contributed by atoms with E-state index in [2.05, 4.69) is 25.8 Å². The van der Waals surface area contributed by atoms with Crippen LogP contribution < -0.4 is 10.5 Å². The lowest BCUT2D eigenvalue weighted by molar-refractivity contribution is 0.276. The second kappa shape index (κ2) is 7.42. The molecule has 0 amide bonds. The number of nitrogens with zero attached hydrogens (tertiary/aromatic N) is 5. The Kier molecular flexibility index (Phi) is 4.78. The Balaban J connectivity index is 1.37. The maximum absolute atomic E-state index is 13.2. The van der Waals surface area contributed by atoms with Crippen molar-refractivity contribution in [3.05, 3.63) is 61.9 Å². The number of rotatable bonds is 5. The monoisotopic (exact) mass is 413 g/mol. The Morgan fingerprint density at radius 3 is 2.75 bits per heavy atom. The van der Waals surface area contributed by atoms with Gasteiger partial charge < -0.3 is 9.47 Å². The molecule has 0 radical (unpaired) electrons. The minimum Gasteiger partial charge on any atom is -0.347 e. The fraction of sp³-hybridized carbons (Fsp3) is 0.450. The smallest absolute Gasteiger partial charge is 0.255 e. The Hall–Kier alpha value is -2.03. The van der Waals surface area contributed by atoms with Crippen molar-refractivity contribution in [2.75, 3.05) is 25.0 Å². The third-order valence-corrected chi connectivity index (χ3v) is 7.30. The third-order valence-electron chi connectivity index (χ3n) is 5.70. The van der Waals surface area contributed by atoms with Crippen LogP contribution >= 0.6 is 22.7 Å². The number of pyridine rings is 1. The Bertz CT molecular complexity index is 998. The van der Waals surface area contributed by atoms with Crippen molar-refractivity contribution in [1.82, 2.24) is 19.4 Å². The van der Waals surface area contributed by atoms with Crippen LogP contribution in [0.25, 0.3) is 0 Å². The zero-order chi connectivity index (χ0) is 19.1. The van der Waals surface area contributed by atoms with Gasteiger partial charge in [0, 0.05) is 66.5 Å². The molecule has 0 aromatic carbocycles. The van der Waals surface area contributed by atoms with Gasteiger partial charge in [-0.25, -0.2) is 9.97 Å². The van der Waals surface area contributed by atoms with Crippen molar-refractivity contribution in [3.8, 4) is 0 Å². The first-order chi connectivity index (χ1) is 13.7. The van der Waals surface area contributed by atoms with Gasteiger partial charge in [-0.2, -0.15) is 0 Å². The number of fused-ring (bicyclic) bond motifs is 4. The molecule has 2 bridgehead atoms. The topological polar surface area (TPSA) is 54.3 Å². The number of piperidine rings is 1. The summed E-state index contributed by atoms with van der Waals surface area (Å²) in [5.41, 5.74) is 2.24. The van der Waals surface area contributed by atoms with Crippen molar-refractivity contribution < 1.29 is 0 Å². The van der Waals surface area contributed by atoms with E-state index in [0.29, 0.717) is 18.4 Å². The van der Waals surface area contributed by atoms with E-state index in [0.717, 1.165) is 41.9 Å². The van der Waals surface area contributed by atoms with Gasteiger partial charge in [0.05, 0.1) is 6.54 Å². The first-order valence-corrected chi connectivity index (χ1v) is 11.4. The van der Waals surface area contributed by atoms with Gasteiger partial charge in [0.1, 0.15) is 5.01 Å². The van der Waals surface area contributed by atoms with Crippen molar-refractivity contribution in [1.29, 1.82) is 0 Å². The molecule has 2 aliphatic heterocycles. The van der Waals surface area contributed by atoms with Gasteiger partial charge in [0.15, 0.2) is 5.13 Å². The molecular weight excluding hydrogens is 390 g/mol. The second-order valence-corrected chi connectivity index (χ2v) is 9.67. The van der Waals surface area contributed by atoms with Crippen molar-refractivity contribution in [2.24, 2.45) is 5.92 Å². The van der Waals surface area contributed by atoms with Gasteiger partial charge in [0.25, 0.3) is 5.56 Å². The first-order valence-electron chi connectivity index (χ1n) is 9.61. The summed E-state index contributed by atoms with van der Waals surface area (Å²) in [4.78, 5) is 26.6. The predicted octanol–water partition coefficient (Wildman–Crippen LogP) is 3.02. The van der Waals surface area contributed by atoms with Gasteiger partial charge in [-0.15, -0.1) is 22.7 Å². The molecular formula is C20H23N5OS2. The van der Waals surface area contributed by atoms with Crippen LogP contribution in [0.1, 0.15) is 28.6 Å². The highest BCUT2D eigenvalue weighted by atomic mass is 32.1.